The van der Waals surface area contributed by atoms with Gasteiger partial charge in [0.25, 0.3) is 0 Å². The van der Waals surface area contributed by atoms with Crippen LogP contribution in [0.2, 0.25) is 0 Å². The second-order valence-electron chi connectivity index (χ2n) is 4.11. The summed E-state index contributed by atoms with van der Waals surface area (Å²) in [6.07, 6.45) is -1.53. The van der Waals surface area contributed by atoms with E-state index in [2.05, 4.69) is 10.3 Å². The zero-order valence-electron chi connectivity index (χ0n) is 11.3. The summed E-state index contributed by atoms with van der Waals surface area (Å²) < 4.78 is 43.3. The van der Waals surface area contributed by atoms with Crippen LogP contribution in [0.5, 0.6) is 0 Å². The van der Waals surface area contributed by atoms with E-state index in [-0.39, 0.29) is 12.1 Å². The Morgan fingerprint density at radius 1 is 1.42 bits per heavy atom. The van der Waals surface area contributed by atoms with Gasteiger partial charge < -0.3 is 10.1 Å². The van der Waals surface area contributed by atoms with E-state index in [1.807, 2.05) is 13.8 Å². The number of rotatable bonds is 7. The van der Waals surface area contributed by atoms with Crippen LogP contribution in [-0.2, 0) is 10.9 Å². The normalized spacial score (nSPS) is 15.5. The van der Waals surface area contributed by atoms with Gasteiger partial charge in [0.2, 0.25) is 0 Å². The highest BCUT2D eigenvalue weighted by Gasteiger charge is 2.36. The van der Waals surface area contributed by atoms with E-state index in [0.29, 0.717) is 22.8 Å². The van der Waals surface area contributed by atoms with Crippen molar-refractivity contribution in [2.75, 3.05) is 13.7 Å². The van der Waals surface area contributed by atoms with Crippen LogP contribution in [0.3, 0.4) is 0 Å². The van der Waals surface area contributed by atoms with Crippen LogP contribution >= 0.6 is 11.3 Å². The molecule has 1 heterocycles. The van der Waals surface area contributed by atoms with Crippen molar-refractivity contribution in [1.82, 2.24) is 10.3 Å². The molecule has 0 fully saturated rings. The highest BCUT2D eigenvalue weighted by molar-refractivity contribution is 7.11. The Morgan fingerprint density at radius 2 is 2.11 bits per heavy atom. The molecule has 1 rings (SSSR count). The standard InChI is InChI=1S/C12H19F3N2OS/c1-4-6-8(18-5-2)10(16-3)9-7-17-11(19-9)12(13,14)15/h7-8,10,16H,4-6H2,1-3H3. The van der Waals surface area contributed by atoms with Crippen molar-refractivity contribution in [2.24, 2.45) is 0 Å². The van der Waals surface area contributed by atoms with Crippen molar-refractivity contribution in [3.63, 3.8) is 0 Å². The molecule has 1 aromatic heterocycles. The molecule has 0 amide bonds. The molecule has 1 aromatic rings. The summed E-state index contributed by atoms with van der Waals surface area (Å²) in [5.74, 6) is 0. The van der Waals surface area contributed by atoms with Crippen molar-refractivity contribution in [3.8, 4) is 0 Å². The van der Waals surface area contributed by atoms with Gasteiger partial charge in [-0.15, -0.1) is 11.3 Å². The smallest absolute Gasteiger partial charge is 0.376 e. The van der Waals surface area contributed by atoms with Gasteiger partial charge >= 0.3 is 6.18 Å². The average molecular weight is 296 g/mol. The molecular formula is C12H19F3N2OS. The van der Waals surface area contributed by atoms with Crippen LogP contribution < -0.4 is 5.32 Å². The molecule has 0 aromatic carbocycles. The van der Waals surface area contributed by atoms with Crippen molar-refractivity contribution >= 4 is 11.3 Å². The summed E-state index contributed by atoms with van der Waals surface area (Å²) in [7, 11) is 1.72. The summed E-state index contributed by atoms with van der Waals surface area (Å²) in [6, 6.07) is -0.256. The first kappa shape index (κ1) is 16.4. The van der Waals surface area contributed by atoms with Gasteiger partial charge in [-0.3, -0.25) is 0 Å². The Kier molecular flexibility index (Phi) is 6.22. The van der Waals surface area contributed by atoms with E-state index < -0.39 is 11.2 Å². The number of nitrogens with zero attached hydrogens (tertiary/aromatic N) is 1. The number of aromatic nitrogens is 1. The number of likely N-dealkylation sites (N-methyl/N-ethyl adjacent to an activating group) is 1. The third kappa shape index (κ3) is 4.43. The van der Waals surface area contributed by atoms with Crippen molar-refractivity contribution in [2.45, 2.75) is 45.0 Å². The van der Waals surface area contributed by atoms with E-state index in [1.165, 1.54) is 6.20 Å². The van der Waals surface area contributed by atoms with Crippen LogP contribution in [0, 0.1) is 0 Å². The maximum Gasteiger partial charge on any atom is 0.443 e. The molecule has 1 N–H and O–H groups in total. The maximum absolute atomic E-state index is 12.6. The van der Waals surface area contributed by atoms with Crippen molar-refractivity contribution in [3.05, 3.63) is 16.1 Å². The van der Waals surface area contributed by atoms with Gasteiger partial charge in [0.1, 0.15) is 0 Å². The van der Waals surface area contributed by atoms with E-state index >= 15 is 0 Å². The quantitative estimate of drug-likeness (QED) is 0.834. The molecule has 0 bridgehead atoms. The number of hydrogen-bond donors (Lipinski definition) is 1. The lowest BCUT2D eigenvalue weighted by atomic mass is 10.1. The van der Waals surface area contributed by atoms with E-state index in [4.69, 9.17) is 4.74 Å². The largest absolute Gasteiger partial charge is 0.443 e. The molecule has 0 aliphatic rings. The summed E-state index contributed by atoms with van der Waals surface area (Å²) in [6.45, 7) is 4.43. The van der Waals surface area contributed by atoms with Crippen LogP contribution in [0.15, 0.2) is 6.20 Å². The molecule has 7 heteroatoms. The topological polar surface area (TPSA) is 34.1 Å². The SMILES string of the molecule is CCCC(OCC)C(NC)c1cnc(C(F)(F)F)s1. The fraction of sp³-hybridized carbons (Fsp3) is 0.750. The molecule has 0 radical (unpaired) electrons. The first-order valence-corrected chi connectivity index (χ1v) is 7.07. The fourth-order valence-corrected chi connectivity index (χ4v) is 2.86. The van der Waals surface area contributed by atoms with Crippen LogP contribution in [0.1, 0.15) is 42.6 Å². The number of thiazole rings is 1. The highest BCUT2D eigenvalue weighted by Crippen LogP contribution is 2.35. The highest BCUT2D eigenvalue weighted by atomic mass is 32.1. The third-order valence-corrected chi connectivity index (χ3v) is 3.83. The molecule has 0 spiro atoms. The lowest BCUT2D eigenvalue weighted by Crippen LogP contribution is -2.31. The van der Waals surface area contributed by atoms with Gasteiger partial charge in [-0.1, -0.05) is 13.3 Å². The van der Waals surface area contributed by atoms with Gasteiger partial charge in [-0.2, -0.15) is 13.2 Å². The Morgan fingerprint density at radius 3 is 2.53 bits per heavy atom. The lowest BCUT2D eigenvalue weighted by Gasteiger charge is -2.25. The predicted octanol–water partition coefficient (Wildman–Crippen LogP) is 3.63. The van der Waals surface area contributed by atoms with Crippen LogP contribution in [0.4, 0.5) is 13.2 Å². The number of alkyl halides is 3. The Labute approximate surface area is 115 Å². The molecule has 19 heavy (non-hydrogen) atoms. The van der Waals surface area contributed by atoms with Gasteiger partial charge in [0.05, 0.1) is 12.1 Å². The molecular weight excluding hydrogens is 277 g/mol. The zero-order valence-corrected chi connectivity index (χ0v) is 12.1. The third-order valence-electron chi connectivity index (χ3n) is 2.71. The number of nitrogens with one attached hydrogen (secondary N) is 1. The van der Waals surface area contributed by atoms with Gasteiger partial charge in [0, 0.05) is 17.7 Å². The second-order valence-corrected chi connectivity index (χ2v) is 5.18. The summed E-state index contributed by atoms with van der Waals surface area (Å²) in [5.41, 5.74) is 0. The van der Waals surface area contributed by atoms with Gasteiger partial charge in [0.15, 0.2) is 5.01 Å². The first-order chi connectivity index (χ1) is 8.93. The van der Waals surface area contributed by atoms with Gasteiger partial charge in [-0.05, 0) is 20.4 Å². The summed E-state index contributed by atoms with van der Waals surface area (Å²) in [4.78, 5) is 4.01. The average Bonchev–Trinajstić information content (AvgIpc) is 2.80. The molecule has 110 valence electrons. The van der Waals surface area contributed by atoms with E-state index in [1.54, 1.807) is 7.05 Å². The fourth-order valence-electron chi connectivity index (χ4n) is 1.92. The Hall–Kier alpha value is -0.660. The maximum atomic E-state index is 12.6. The summed E-state index contributed by atoms with van der Waals surface area (Å²) >= 11 is 0.674. The van der Waals surface area contributed by atoms with Crippen LogP contribution in [-0.4, -0.2) is 24.7 Å². The number of ether oxygens (including phenoxy) is 1. The van der Waals surface area contributed by atoms with Gasteiger partial charge in [-0.25, -0.2) is 4.98 Å². The molecule has 2 atom stereocenters. The molecule has 0 saturated heterocycles. The molecule has 0 aliphatic heterocycles. The number of halogens is 3. The lowest BCUT2D eigenvalue weighted by molar-refractivity contribution is -0.137. The minimum Gasteiger partial charge on any atom is -0.376 e. The second kappa shape index (κ2) is 7.21. The first-order valence-electron chi connectivity index (χ1n) is 6.25. The monoisotopic (exact) mass is 296 g/mol. The molecule has 2 unspecified atom stereocenters. The molecule has 3 nitrogen and oxygen atoms in total. The minimum absolute atomic E-state index is 0.137. The minimum atomic E-state index is -4.38. The predicted molar refractivity (Wildman–Crippen MR) is 69.2 cm³/mol. The molecule has 0 saturated carbocycles. The summed E-state index contributed by atoms with van der Waals surface area (Å²) in [5, 5.41) is 2.22. The Balaban J connectivity index is 2.91. The van der Waals surface area contributed by atoms with Crippen molar-refractivity contribution < 1.29 is 17.9 Å². The van der Waals surface area contributed by atoms with Crippen molar-refractivity contribution in [1.29, 1.82) is 0 Å². The number of hydrogen-bond acceptors (Lipinski definition) is 4. The van der Waals surface area contributed by atoms with E-state index in [0.717, 1.165) is 12.8 Å². The zero-order chi connectivity index (χ0) is 14.5. The van der Waals surface area contributed by atoms with E-state index in [9.17, 15) is 13.2 Å². The molecule has 0 aliphatic carbocycles. The Bertz CT molecular complexity index is 375. The van der Waals surface area contributed by atoms with Crippen LogP contribution in [0.25, 0.3) is 0 Å².